The summed E-state index contributed by atoms with van der Waals surface area (Å²) in [5.41, 5.74) is 2.37. The van der Waals surface area contributed by atoms with Gasteiger partial charge in [0.05, 0.1) is 42.1 Å². The molecule has 4 aromatic rings. The number of carboxylic acid groups (broad SMARTS) is 1. The molecule has 4 heterocycles. The Labute approximate surface area is 294 Å². The van der Waals surface area contributed by atoms with Crippen LogP contribution in [-0.2, 0) is 17.7 Å². The molecule has 0 saturated carbocycles. The van der Waals surface area contributed by atoms with Crippen molar-refractivity contribution < 1.29 is 33.3 Å². The molecule has 3 aliphatic rings. The van der Waals surface area contributed by atoms with Gasteiger partial charge in [-0.1, -0.05) is 53.5 Å². The molecule has 7 rings (SSSR count). The van der Waals surface area contributed by atoms with Crippen molar-refractivity contribution in [1.82, 2.24) is 9.88 Å². The van der Waals surface area contributed by atoms with Crippen LogP contribution in [0.3, 0.4) is 0 Å². The number of anilines is 1. The van der Waals surface area contributed by atoms with Crippen molar-refractivity contribution in [1.29, 1.82) is 0 Å². The molecule has 0 spiro atoms. The molecule has 1 N–H and O–H groups in total. The summed E-state index contributed by atoms with van der Waals surface area (Å²) in [6.07, 6.45) is 4.10. The number of piperidine rings is 3. The number of amides is 1. The molecule has 12 heteroatoms. The van der Waals surface area contributed by atoms with E-state index in [1.165, 1.54) is 49.7 Å². The maximum Gasteiger partial charge on any atom is 0.415 e. The lowest BCUT2D eigenvalue weighted by Crippen LogP contribution is -2.53. The van der Waals surface area contributed by atoms with E-state index in [9.17, 15) is 14.7 Å². The zero-order valence-electron chi connectivity index (χ0n) is 27.1. The van der Waals surface area contributed by atoms with Crippen molar-refractivity contribution in [3.05, 3.63) is 117 Å². The first kappa shape index (κ1) is 34.5. The molecule has 1 amide bonds. The second kappa shape index (κ2) is 15.0. The first-order valence-corrected chi connectivity index (χ1v) is 16.7. The molecule has 3 aromatic carbocycles. The summed E-state index contributed by atoms with van der Waals surface area (Å²) in [5.74, 6) is -1.13. The maximum atomic E-state index is 15.3. The fraction of sp³-hybridized carbons (Fsp3) is 0.324. The molecular weight excluding hydrogens is 672 g/mol. The SMILES string of the molecule is COc1ccc(C(Cc2c(Cl)cncc2Cl)c2cc(CN(C(=O)O[C@H]3CN4CCC3CC4)c3ccccc3F)ccc2C(=O)O)cc1OC. The lowest BCUT2D eigenvalue weighted by atomic mass is 9.82. The molecule has 1 unspecified atom stereocenters. The van der Waals surface area contributed by atoms with Gasteiger partial charge in [-0.3, -0.25) is 14.8 Å². The Morgan fingerprint density at radius 1 is 1.00 bits per heavy atom. The Balaban J connectivity index is 1.42. The number of hydrogen-bond acceptors (Lipinski definition) is 7. The molecule has 1 aromatic heterocycles. The number of aromatic nitrogens is 1. The molecule has 2 atom stereocenters. The number of carbonyl (C=O) groups is 2. The third-order valence-electron chi connectivity index (χ3n) is 9.45. The summed E-state index contributed by atoms with van der Waals surface area (Å²) in [6.45, 7) is 2.52. The quantitative estimate of drug-likeness (QED) is 0.168. The number of carboxylic acids is 1. The van der Waals surface area contributed by atoms with Gasteiger partial charge in [-0.05, 0) is 90.9 Å². The largest absolute Gasteiger partial charge is 0.493 e. The number of para-hydroxylation sites is 1. The number of hydrogen-bond donors (Lipinski definition) is 1. The highest BCUT2D eigenvalue weighted by Gasteiger charge is 2.38. The lowest BCUT2D eigenvalue weighted by Gasteiger charge is -2.44. The van der Waals surface area contributed by atoms with E-state index in [2.05, 4.69) is 9.88 Å². The second-order valence-corrected chi connectivity index (χ2v) is 13.1. The normalized spacial score (nSPS) is 18.8. The average molecular weight is 709 g/mol. The molecule has 3 fully saturated rings. The zero-order valence-corrected chi connectivity index (χ0v) is 28.6. The Morgan fingerprint density at radius 2 is 1.71 bits per heavy atom. The molecule has 2 bridgehead atoms. The highest BCUT2D eigenvalue weighted by atomic mass is 35.5. The second-order valence-electron chi connectivity index (χ2n) is 12.3. The van der Waals surface area contributed by atoms with Crippen LogP contribution >= 0.6 is 23.2 Å². The minimum absolute atomic E-state index is 0.0390. The number of carbonyl (C=O) groups excluding carboxylic acids is 1. The fourth-order valence-electron chi connectivity index (χ4n) is 6.85. The molecule has 9 nitrogen and oxygen atoms in total. The zero-order chi connectivity index (χ0) is 34.7. The maximum absolute atomic E-state index is 15.3. The van der Waals surface area contributed by atoms with Gasteiger partial charge in [0.15, 0.2) is 11.5 Å². The molecule has 49 heavy (non-hydrogen) atoms. The topological polar surface area (TPSA) is 101 Å². The van der Waals surface area contributed by atoms with Crippen LogP contribution in [0.15, 0.2) is 73.1 Å². The molecule has 3 aliphatic heterocycles. The third-order valence-corrected chi connectivity index (χ3v) is 10.1. The highest BCUT2D eigenvalue weighted by molar-refractivity contribution is 6.35. The molecule has 3 saturated heterocycles. The highest BCUT2D eigenvalue weighted by Crippen LogP contribution is 2.40. The summed E-state index contributed by atoms with van der Waals surface area (Å²) >= 11 is 13.1. The van der Waals surface area contributed by atoms with Gasteiger partial charge in [0.2, 0.25) is 0 Å². The van der Waals surface area contributed by atoms with Crippen molar-refractivity contribution >= 4 is 41.0 Å². The Hall–Kier alpha value is -4.38. The van der Waals surface area contributed by atoms with Crippen LogP contribution in [0.5, 0.6) is 11.5 Å². The molecular formula is C37H36Cl2FN3O6. The van der Waals surface area contributed by atoms with Crippen LogP contribution in [0.1, 0.15) is 51.4 Å². The van der Waals surface area contributed by atoms with Gasteiger partial charge in [-0.2, -0.15) is 0 Å². The van der Waals surface area contributed by atoms with Gasteiger partial charge in [-0.25, -0.2) is 14.0 Å². The summed E-state index contributed by atoms with van der Waals surface area (Å²) in [6, 6.07) is 16.2. The minimum atomic E-state index is -1.15. The van der Waals surface area contributed by atoms with Crippen molar-refractivity contribution in [3.8, 4) is 11.5 Å². The molecule has 0 radical (unpaired) electrons. The van der Waals surface area contributed by atoms with Crippen molar-refractivity contribution in [2.75, 3.05) is 38.8 Å². The van der Waals surface area contributed by atoms with Crippen LogP contribution in [-0.4, -0.2) is 67.0 Å². The van der Waals surface area contributed by atoms with Gasteiger partial charge >= 0.3 is 12.1 Å². The van der Waals surface area contributed by atoms with Crippen LogP contribution in [0.2, 0.25) is 10.0 Å². The van der Waals surface area contributed by atoms with Gasteiger partial charge in [0.1, 0.15) is 11.9 Å². The predicted molar refractivity (Wildman–Crippen MR) is 185 cm³/mol. The average Bonchev–Trinajstić information content (AvgIpc) is 3.11. The lowest BCUT2D eigenvalue weighted by molar-refractivity contribution is -0.0311. The van der Waals surface area contributed by atoms with Gasteiger partial charge < -0.3 is 19.3 Å². The predicted octanol–water partition coefficient (Wildman–Crippen LogP) is 7.85. The van der Waals surface area contributed by atoms with Crippen molar-refractivity contribution in [2.24, 2.45) is 5.92 Å². The van der Waals surface area contributed by atoms with E-state index >= 15 is 4.39 Å². The van der Waals surface area contributed by atoms with Crippen molar-refractivity contribution in [3.63, 3.8) is 0 Å². The van der Waals surface area contributed by atoms with E-state index in [4.69, 9.17) is 37.4 Å². The molecule has 0 aliphatic carbocycles. The van der Waals surface area contributed by atoms with E-state index in [0.29, 0.717) is 50.3 Å². The van der Waals surface area contributed by atoms with Crippen LogP contribution < -0.4 is 14.4 Å². The van der Waals surface area contributed by atoms with E-state index in [1.54, 1.807) is 36.4 Å². The summed E-state index contributed by atoms with van der Waals surface area (Å²) < 4.78 is 32.4. The third kappa shape index (κ3) is 7.46. The standard InChI is InChI=1S/C37H36Cl2FN3O6/c1-47-33-10-8-24(16-34(33)48-2)26(17-28-29(38)18-41-19-30(28)39)27-15-22(7-9-25(27)36(44)45)20-43(32-6-4-3-5-31(32)40)37(46)49-35-21-42-13-11-23(35)12-14-42/h3-10,15-16,18-19,23,26,35H,11-14,17,20-21H2,1-2H3,(H,44,45)/t26?,35-/m0/s1. The van der Waals surface area contributed by atoms with Crippen LogP contribution in [0, 0.1) is 11.7 Å². The Kier molecular flexibility index (Phi) is 10.6. The van der Waals surface area contributed by atoms with E-state index in [1.807, 2.05) is 6.07 Å². The van der Waals surface area contributed by atoms with E-state index in [-0.39, 0.29) is 36.2 Å². The fourth-order valence-corrected chi connectivity index (χ4v) is 7.37. The van der Waals surface area contributed by atoms with Crippen LogP contribution in [0.25, 0.3) is 0 Å². The number of benzene rings is 3. The van der Waals surface area contributed by atoms with Gasteiger partial charge in [0, 0.05) is 24.9 Å². The van der Waals surface area contributed by atoms with Gasteiger partial charge in [-0.15, -0.1) is 0 Å². The monoisotopic (exact) mass is 707 g/mol. The van der Waals surface area contributed by atoms with Crippen molar-refractivity contribution in [2.45, 2.75) is 37.8 Å². The number of rotatable bonds is 11. The van der Waals surface area contributed by atoms with Gasteiger partial charge in [0.25, 0.3) is 0 Å². The van der Waals surface area contributed by atoms with E-state index < -0.39 is 23.8 Å². The summed E-state index contributed by atoms with van der Waals surface area (Å²) in [4.78, 5) is 34.2. The first-order valence-electron chi connectivity index (χ1n) is 16.0. The Bertz CT molecular complexity index is 1830. The molecule has 256 valence electrons. The number of aromatic carboxylic acids is 1. The number of ether oxygens (including phenoxy) is 3. The smallest absolute Gasteiger partial charge is 0.415 e. The number of methoxy groups -OCH3 is 2. The first-order chi connectivity index (χ1) is 23.7. The number of halogens is 3. The van der Waals surface area contributed by atoms with E-state index in [0.717, 1.165) is 25.9 Å². The summed E-state index contributed by atoms with van der Waals surface area (Å²) in [7, 11) is 3.04. The number of fused-ring (bicyclic) bond motifs is 3. The number of nitrogens with zero attached hydrogens (tertiary/aromatic N) is 3. The Morgan fingerprint density at radius 3 is 2.35 bits per heavy atom. The summed E-state index contributed by atoms with van der Waals surface area (Å²) in [5, 5.41) is 11.0. The van der Waals surface area contributed by atoms with Crippen LogP contribution in [0.4, 0.5) is 14.9 Å². The number of pyridine rings is 1. The minimum Gasteiger partial charge on any atom is -0.493 e.